The first-order chi connectivity index (χ1) is 9.11. The van der Waals surface area contributed by atoms with Crippen molar-refractivity contribution in [3.05, 3.63) is 59.7 Å². The Balaban J connectivity index is 2.34. The van der Waals surface area contributed by atoms with Crippen LogP contribution in [-0.4, -0.2) is 5.11 Å². The predicted octanol–water partition coefficient (Wildman–Crippen LogP) is 3.31. The molecule has 1 N–H and O–H groups in total. The third-order valence-electron chi connectivity index (χ3n) is 2.43. The molecular formula is C14H9F2NO2. The SMILES string of the molecule is N#CC(O)c1cccc(Oc2cccc(F)c2)c1F. The molecule has 0 amide bonds. The van der Waals surface area contributed by atoms with Gasteiger partial charge in [-0.05, 0) is 18.2 Å². The van der Waals surface area contributed by atoms with E-state index in [0.29, 0.717) is 0 Å². The zero-order valence-corrected chi connectivity index (χ0v) is 9.68. The molecule has 5 heteroatoms. The summed E-state index contributed by atoms with van der Waals surface area (Å²) >= 11 is 0. The number of halogens is 2. The van der Waals surface area contributed by atoms with Crippen molar-refractivity contribution in [3.8, 4) is 17.6 Å². The zero-order valence-electron chi connectivity index (χ0n) is 9.68. The molecule has 1 atom stereocenters. The Hall–Kier alpha value is -2.45. The minimum Gasteiger partial charge on any atom is -0.454 e. The number of aliphatic hydroxyl groups is 1. The molecular weight excluding hydrogens is 252 g/mol. The summed E-state index contributed by atoms with van der Waals surface area (Å²) in [6, 6.07) is 10.8. The van der Waals surface area contributed by atoms with Crippen LogP contribution < -0.4 is 4.74 Å². The standard InChI is InChI=1S/C14H9F2NO2/c15-9-3-1-4-10(7-9)19-13-6-2-5-11(14(13)16)12(18)8-17/h1-7,12,18H. The smallest absolute Gasteiger partial charge is 0.172 e. The van der Waals surface area contributed by atoms with Gasteiger partial charge in [0.05, 0.1) is 6.07 Å². The first-order valence-corrected chi connectivity index (χ1v) is 5.41. The molecule has 1 unspecified atom stereocenters. The van der Waals surface area contributed by atoms with E-state index in [2.05, 4.69) is 0 Å². The lowest BCUT2D eigenvalue weighted by Crippen LogP contribution is -1.99. The molecule has 96 valence electrons. The van der Waals surface area contributed by atoms with Gasteiger partial charge in [0, 0.05) is 11.6 Å². The molecule has 0 saturated carbocycles. The molecule has 2 aromatic rings. The van der Waals surface area contributed by atoms with Gasteiger partial charge in [0.25, 0.3) is 0 Å². The van der Waals surface area contributed by atoms with Crippen molar-refractivity contribution in [1.82, 2.24) is 0 Å². The Morgan fingerprint density at radius 1 is 1.16 bits per heavy atom. The van der Waals surface area contributed by atoms with E-state index in [4.69, 9.17) is 10.00 Å². The molecule has 0 aliphatic rings. The number of ether oxygens (including phenoxy) is 1. The van der Waals surface area contributed by atoms with Crippen LogP contribution in [0.3, 0.4) is 0 Å². The number of hydrogen-bond acceptors (Lipinski definition) is 3. The van der Waals surface area contributed by atoms with Gasteiger partial charge >= 0.3 is 0 Å². The molecule has 0 heterocycles. The molecule has 0 fully saturated rings. The average molecular weight is 261 g/mol. The number of nitrogens with zero attached hydrogens (tertiary/aromatic N) is 1. The third-order valence-corrected chi connectivity index (χ3v) is 2.43. The second-order valence-electron chi connectivity index (χ2n) is 3.75. The second-order valence-corrected chi connectivity index (χ2v) is 3.75. The first-order valence-electron chi connectivity index (χ1n) is 5.41. The van der Waals surface area contributed by atoms with Gasteiger partial charge in [-0.3, -0.25) is 0 Å². The highest BCUT2D eigenvalue weighted by atomic mass is 19.1. The lowest BCUT2D eigenvalue weighted by atomic mass is 10.1. The second kappa shape index (κ2) is 5.46. The fourth-order valence-electron chi connectivity index (χ4n) is 1.54. The maximum Gasteiger partial charge on any atom is 0.172 e. The molecule has 0 saturated heterocycles. The van der Waals surface area contributed by atoms with Crippen molar-refractivity contribution in [2.75, 3.05) is 0 Å². The Bertz CT molecular complexity index is 638. The number of benzene rings is 2. The monoisotopic (exact) mass is 261 g/mol. The van der Waals surface area contributed by atoms with Crippen LogP contribution in [-0.2, 0) is 0 Å². The molecule has 2 rings (SSSR count). The van der Waals surface area contributed by atoms with Crippen molar-refractivity contribution in [2.45, 2.75) is 6.10 Å². The summed E-state index contributed by atoms with van der Waals surface area (Å²) in [5.74, 6) is -1.41. The molecule has 0 aromatic heterocycles. The predicted molar refractivity (Wildman–Crippen MR) is 63.4 cm³/mol. The lowest BCUT2D eigenvalue weighted by molar-refractivity contribution is 0.229. The molecule has 0 aliphatic heterocycles. The van der Waals surface area contributed by atoms with E-state index in [-0.39, 0.29) is 17.1 Å². The molecule has 2 aromatic carbocycles. The molecule has 0 bridgehead atoms. The van der Waals surface area contributed by atoms with Gasteiger partial charge in [-0.15, -0.1) is 0 Å². The van der Waals surface area contributed by atoms with Crippen LogP contribution in [0.25, 0.3) is 0 Å². The summed E-state index contributed by atoms with van der Waals surface area (Å²) in [5, 5.41) is 17.9. The fraction of sp³-hybridized carbons (Fsp3) is 0.0714. The van der Waals surface area contributed by atoms with Crippen molar-refractivity contribution >= 4 is 0 Å². The Morgan fingerprint density at radius 2 is 1.89 bits per heavy atom. The molecule has 3 nitrogen and oxygen atoms in total. The van der Waals surface area contributed by atoms with Gasteiger partial charge in [0.1, 0.15) is 11.6 Å². The Kier molecular flexibility index (Phi) is 3.74. The van der Waals surface area contributed by atoms with Crippen LogP contribution in [0.15, 0.2) is 42.5 Å². The summed E-state index contributed by atoms with van der Waals surface area (Å²) in [5.41, 5.74) is -0.184. The highest BCUT2D eigenvalue weighted by Crippen LogP contribution is 2.29. The zero-order chi connectivity index (χ0) is 13.8. The maximum atomic E-state index is 14.0. The van der Waals surface area contributed by atoms with Crippen LogP contribution in [0.1, 0.15) is 11.7 Å². The highest BCUT2D eigenvalue weighted by Gasteiger charge is 2.16. The largest absolute Gasteiger partial charge is 0.454 e. The minimum absolute atomic E-state index is 0.127. The van der Waals surface area contributed by atoms with Gasteiger partial charge in [0.2, 0.25) is 0 Å². The van der Waals surface area contributed by atoms with Gasteiger partial charge in [-0.1, -0.05) is 18.2 Å². The topological polar surface area (TPSA) is 53.2 Å². The molecule has 19 heavy (non-hydrogen) atoms. The van der Waals surface area contributed by atoms with E-state index in [1.165, 1.54) is 42.5 Å². The minimum atomic E-state index is -1.57. The molecule has 0 radical (unpaired) electrons. The number of rotatable bonds is 3. The fourth-order valence-corrected chi connectivity index (χ4v) is 1.54. The highest BCUT2D eigenvalue weighted by molar-refractivity contribution is 5.37. The summed E-state index contributed by atoms with van der Waals surface area (Å²) in [4.78, 5) is 0. The number of hydrogen-bond donors (Lipinski definition) is 1. The Labute approximate surface area is 108 Å². The van der Waals surface area contributed by atoms with Crippen LogP contribution in [0, 0.1) is 23.0 Å². The summed E-state index contributed by atoms with van der Waals surface area (Å²) in [6.07, 6.45) is -1.57. The van der Waals surface area contributed by atoms with Crippen LogP contribution in [0.2, 0.25) is 0 Å². The van der Waals surface area contributed by atoms with Crippen molar-refractivity contribution in [1.29, 1.82) is 5.26 Å². The van der Waals surface area contributed by atoms with Crippen molar-refractivity contribution in [2.24, 2.45) is 0 Å². The van der Waals surface area contributed by atoms with Crippen LogP contribution >= 0.6 is 0 Å². The van der Waals surface area contributed by atoms with E-state index in [0.717, 1.165) is 6.07 Å². The van der Waals surface area contributed by atoms with Gasteiger partial charge in [0.15, 0.2) is 17.7 Å². The molecule has 0 aliphatic carbocycles. The first kappa shape index (κ1) is 13.0. The van der Waals surface area contributed by atoms with E-state index in [1.807, 2.05) is 0 Å². The Morgan fingerprint density at radius 3 is 2.58 bits per heavy atom. The van der Waals surface area contributed by atoms with E-state index >= 15 is 0 Å². The van der Waals surface area contributed by atoms with E-state index in [9.17, 15) is 13.9 Å². The quantitative estimate of drug-likeness (QED) is 0.862. The van der Waals surface area contributed by atoms with Crippen LogP contribution in [0.5, 0.6) is 11.5 Å². The van der Waals surface area contributed by atoms with Crippen molar-refractivity contribution in [3.63, 3.8) is 0 Å². The summed E-state index contributed by atoms with van der Waals surface area (Å²) in [7, 11) is 0. The average Bonchev–Trinajstić information content (AvgIpc) is 2.40. The van der Waals surface area contributed by atoms with Gasteiger partial charge in [-0.25, -0.2) is 8.78 Å². The van der Waals surface area contributed by atoms with Gasteiger partial charge < -0.3 is 9.84 Å². The number of nitriles is 1. The number of aliphatic hydroxyl groups excluding tert-OH is 1. The molecule has 0 spiro atoms. The van der Waals surface area contributed by atoms with Gasteiger partial charge in [-0.2, -0.15) is 5.26 Å². The normalized spacial score (nSPS) is 11.7. The maximum absolute atomic E-state index is 14.0. The summed E-state index contributed by atoms with van der Waals surface area (Å²) < 4.78 is 32.1. The van der Waals surface area contributed by atoms with Crippen LogP contribution in [0.4, 0.5) is 8.78 Å². The summed E-state index contributed by atoms with van der Waals surface area (Å²) in [6.45, 7) is 0. The van der Waals surface area contributed by atoms with E-state index in [1.54, 1.807) is 0 Å². The van der Waals surface area contributed by atoms with Crippen molar-refractivity contribution < 1.29 is 18.6 Å². The van der Waals surface area contributed by atoms with E-state index < -0.39 is 17.7 Å². The third kappa shape index (κ3) is 2.87. The lowest BCUT2D eigenvalue weighted by Gasteiger charge is -2.10.